The van der Waals surface area contributed by atoms with Crippen LogP contribution in [0.4, 0.5) is 11.6 Å². The highest BCUT2D eigenvalue weighted by atomic mass is 35.5. The summed E-state index contributed by atoms with van der Waals surface area (Å²) in [5, 5.41) is 1.13. The van der Waals surface area contributed by atoms with Crippen LogP contribution < -0.4 is 10.5 Å². The number of hydrogen-bond donors (Lipinski definition) is 0. The zero-order chi connectivity index (χ0) is 18.8. The number of unbranched alkanes of at least 4 members (excludes halogenated alkanes) is 1. The molecule has 1 aliphatic rings. The van der Waals surface area contributed by atoms with Gasteiger partial charge in [-0.3, -0.25) is 19.2 Å². The molecule has 0 aliphatic carbocycles. The first-order chi connectivity index (χ1) is 12.5. The van der Waals surface area contributed by atoms with E-state index >= 15 is 0 Å². The zero-order valence-corrected chi connectivity index (χ0v) is 16.9. The van der Waals surface area contributed by atoms with Crippen LogP contribution in [0, 0.1) is 6.92 Å². The third-order valence-corrected chi connectivity index (χ3v) is 5.29. The maximum Gasteiger partial charge on any atom is 0.259 e. The minimum absolute atomic E-state index is 0.0336. The Balaban J connectivity index is 2.14. The lowest BCUT2D eigenvalue weighted by atomic mass is 10.2. The lowest BCUT2D eigenvalue weighted by Gasteiger charge is -2.38. The number of rotatable bonds is 5. The van der Waals surface area contributed by atoms with Gasteiger partial charge in [0.05, 0.1) is 24.0 Å². The maximum atomic E-state index is 13.0. The number of aromatic nitrogens is 2. The lowest BCUT2D eigenvalue weighted by Crippen LogP contribution is -2.48. The normalized spacial score (nSPS) is 14.6. The van der Waals surface area contributed by atoms with Gasteiger partial charge in [-0.05, 0) is 38.0 Å². The minimum Gasteiger partial charge on any atom is -0.297 e. The van der Waals surface area contributed by atoms with Crippen molar-refractivity contribution in [2.24, 2.45) is 0 Å². The van der Waals surface area contributed by atoms with E-state index in [1.54, 1.807) is 10.6 Å². The van der Waals surface area contributed by atoms with Crippen molar-refractivity contribution in [1.29, 1.82) is 0 Å². The summed E-state index contributed by atoms with van der Waals surface area (Å²) in [7, 11) is 0. The zero-order valence-electron chi connectivity index (χ0n) is 15.4. The molecule has 0 saturated carbocycles. The molecule has 0 saturated heterocycles. The van der Waals surface area contributed by atoms with Crippen LogP contribution in [0.2, 0.25) is 10.0 Å². The summed E-state index contributed by atoms with van der Waals surface area (Å²) < 4.78 is 1.76. The summed E-state index contributed by atoms with van der Waals surface area (Å²) in [5.41, 5.74) is 2.39. The highest BCUT2D eigenvalue weighted by Gasteiger charge is 2.28. The second kappa shape index (κ2) is 7.99. The summed E-state index contributed by atoms with van der Waals surface area (Å²) in [5.74, 6) is 0.640. The van der Waals surface area contributed by atoms with Crippen molar-refractivity contribution in [2.75, 3.05) is 18.1 Å². The molecule has 0 amide bonds. The van der Waals surface area contributed by atoms with Crippen molar-refractivity contribution in [2.45, 2.75) is 46.7 Å². The van der Waals surface area contributed by atoms with Crippen LogP contribution in [0.1, 0.15) is 37.9 Å². The van der Waals surface area contributed by atoms with E-state index < -0.39 is 0 Å². The number of benzene rings is 1. The Morgan fingerprint density at radius 2 is 1.96 bits per heavy atom. The van der Waals surface area contributed by atoms with Crippen LogP contribution in [0.15, 0.2) is 23.0 Å². The van der Waals surface area contributed by atoms with Crippen LogP contribution in [-0.2, 0) is 13.1 Å². The molecule has 2 heterocycles. The molecule has 0 N–H and O–H groups in total. The molecule has 0 bridgehead atoms. The van der Waals surface area contributed by atoms with Crippen LogP contribution in [0.3, 0.4) is 0 Å². The quantitative estimate of drug-likeness (QED) is 0.743. The number of halogens is 2. The van der Waals surface area contributed by atoms with Crippen LogP contribution in [0.25, 0.3) is 0 Å². The van der Waals surface area contributed by atoms with Gasteiger partial charge in [-0.1, -0.05) is 43.5 Å². The first-order valence-electron chi connectivity index (χ1n) is 9.01. The molecule has 0 unspecified atom stereocenters. The van der Waals surface area contributed by atoms with Gasteiger partial charge in [0.1, 0.15) is 0 Å². The molecule has 26 heavy (non-hydrogen) atoms. The van der Waals surface area contributed by atoms with Crippen LogP contribution in [-0.4, -0.2) is 27.7 Å². The summed E-state index contributed by atoms with van der Waals surface area (Å²) in [6.07, 6.45) is 2.85. The van der Waals surface area contributed by atoms with E-state index in [9.17, 15) is 4.79 Å². The van der Waals surface area contributed by atoms with Crippen molar-refractivity contribution < 1.29 is 0 Å². The number of aryl methyl sites for hydroxylation is 1. The summed E-state index contributed by atoms with van der Waals surface area (Å²) >= 11 is 12.5. The van der Waals surface area contributed by atoms with Gasteiger partial charge >= 0.3 is 0 Å². The molecular formula is C19H24Cl2N4O. The lowest BCUT2D eigenvalue weighted by molar-refractivity contribution is 0.195. The summed E-state index contributed by atoms with van der Waals surface area (Å²) in [6.45, 7) is 8.16. The number of hydrogen-bond acceptors (Lipinski definition) is 4. The highest BCUT2D eigenvalue weighted by molar-refractivity contribution is 6.36. The molecule has 5 nitrogen and oxygen atoms in total. The summed E-state index contributed by atoms with van der Waals surface area (Å²) in [6, 6.07) is 5.41. The third kappa shape index (κ3) is 3.61. The van der Waals surface area contributed by atoms with Crippen molar-refractivity contribution in [3.8, 4) is 0 Å². The van der Waals surface area contributed by atoms with E-state index in [4.69, 9.17) is 28.2 Å². The van der Waals surface area contributed by atoms with Crippen molar-refractivity contribution >= 4 is 34.8 Å². The van der Waals surface area contributed by atoms with Gasteiger partial charge in [0.2, 0.25) is 5.95 Å². The van der Waals surface area contributed by atoms with Gasteiger partial charge in [0.15, 0.2) is 0 Å². The first-order valence-corrected chi connectivity index (χ1v) is 9.77. The minimum atomic E-state index is 0.0336. The highest BCUT2D eigenvalue weighted by Crippen LogP contribution is 2.34. The third-order valence-electron chi connectivity index (χ3n) is 4.76. The topological polar surface area (TPSA) is 41.4 Å². The number of nitrogens with zero attached hydrogens (tertiary/aromatic N) is 4. The van der Waals surface area contributed by atoms with Crippen molar-refractivity contribution in [3.63, 3.8) is 0 Å². The predicted octanol–water partition coefficient (Wildman–Crippen LogP) is 4.59. The Bertz CT molecular complexity index is 865. The predicted molar refractivity (Wildman–Crippen MR) is 108 cm³/mol. The van der Waals surface area contributed by atoms with Gasteiger partial charge in [-0.15, -0.1) is 0 Å². The van der Waals surface area contributed by atoms with Crippen LogP contribution >= 0.6 is 23.2 Å². The Morgan fingerprint density at radius 1 is 1.19 bits per heavy atom. The molecule has 2 aromatic rings. The summed E-state index contributed by atoms with van der Waals surface area (Å²) in [4.78, 5) is 22.0. The van der Waals surface area contributed by atoms with Gasteiger partial charge < -0.3 is 0 Å². The molecule has 1 aromatic heterocycles. The SMILES string of the molecule is CCCCN1CN(c2ccc(Cl)cc2Cl)c2nc(C)c(CC)c(=O)n2C1. The van der Waals surface area contributed by atoms with E-state index in [0.717, 1.165) is 36.3 Å². The second-order valence-corrected chi connectivity index (χ2v) is 7.46. The molecule has 0 radical (unpaired) electrons. The second-order valence-electron chi connectivity index (χ2n) is 6.62. The molecule has 7 heteroatoms. The Kier molecular flexibility index (Phi) is 5.90. The van der Waals surface area contributed by atoms with E-state index in [-0.39, 0.29) is 5.56 Å². The fourth-order valence-corrected chi connectivity index (χ4v) is 3.85. The van der Waals surface area contributed by atoms with E-state index in [1.807, 2.05) is 30.9 Å². The fraction of sp³-hybridized carbons (Fsp3) is 0.474. The average molecular weight is 395 g/mol. The average Bonchev–Trinajstić information content (AvgIpc) is 2.60. The molecular weight excluding hydrogens is 371 g/mol. The number of fused-ring (bicyclic) bond motifs is 1. The largest absolute Gasteiger partial charge is 0.297 e. The molecule has 0 spiro atoms. The van der Waals surface area contributed by atoms with E-state index in [1.165, 1.54) is 0 Å². The van der Waals surface area contributed by atoms with Crippen molar-refractivity contribution in [1.82, 2.24) is 14.5 Å². The van der Waals surface area contributed by atoms with Gasteiger partial charge in [-0.25, -0.2) is 4.98 Å². The molecule has 140 valence electrons. The standard InChI is InChI=1S/C19H24Cl2N4O/c1-4-6-9-23-11-24(17-8-7-14(20)10-16(17)21)19-22-13(3)15(5-2)18(26)25(19)12-23/h7-8,10H,4-6,9,11-12H2,1-3H3. The van der Waals surface area contributed by atoms with E-state index in [2.05, 4.69) is 11.8 Å². The first kappa shape index (κ1) is 19.2. The maximum absolute atomic E-state index is 13.0. The Morgan fingerprint density at radius 3 is 2.62 bits per heavy atom. The van der Waals surface area contributed by atoms with Crippen molar-refractivity contribution in [3.05, 3.63) is 49.9 Å². The molecule has 1 aliphatic heterocycles. The smallest absolute Gasteiger partial charge is 0.259 e. The van der Waals surface area contributed by atoms with Gasteiger partial charge in [-0.2, -0.15) is 0 Å². The van der Waals surface area contributed by atoms with E-state index in [0.29, 0.717) is 35.8 Å². The molecule has 1 aromatic carbocycles. The van der Waals surface area contributed by atoms with Crippen LogP contribution in [0.5, 0.6) is 0 Å². The van der Waals surface area contributed by atoms with Gasteiger partial charge in [0, 0.05) is 22.8 Å². The molecule has 3 rings (SSSR count). The Labute approximate surface area is 164 Å². The molecule has 0 fully saturated rings. The monoisotopic (exact) mass is 394 g/mol. The van der Waals surface area contributed by atoms with Gasteiger partial charge in [0.25, 0.3) is 5.56 Å². The Hall–Kier alpha value is -1.56. The number of anilines is 2. The molecule has 0 atom stereocenters. The fourth-order valence-electron chi connectivity index (χ4n) is 3.34.